The van der Waals surface area contributed by atoms with E-state index >= 15 is 0 Å². The lowest BCUT2D eigenvalue weighted by atomic mass is 9.78. The van der Waals surface area contributed by atoms with Crippen LogP contribution >= 0.6 is 0 Å². The van der Waals surface area contributed by atoms with Crippen LogP contribution in [0.5, 0.6) is 0 Å². The second-order valence-electron chi connectivity index (χ2n) is 9.42. The number of benzene rings is 1. The van der Waals surface area contributed by atoms with Crippen molar-refractivity contribution < 1.29 is 19.1 Å². The van der Waals surface area contributed by atoms with Gasteiger partial charge in [0.1, 0.15) is 6.04 Å². The Labute approximate surface area is 182 Å². The third-order valence-corrected chi connectivity index (χ3v) is 7.31. The van der Waals surface area contributed by atoms with Gasteiger partial charge in [0.05, 0.1) is 0 Å². The molecule has 4 aliphatic heterocycles. The van der Waals surface area contributed by atoms with Crippen LogP contribution in [0.4, 0.5) is 0 Å². The van der Waals surface area contributed by atoms with Crippen molar-refractivity contribution in [1.29, 1.82) is 0 Å². The van der Waals surface area contributed by atoms with Gasteiger partial charge in [-0.15, -0.1) is 0 Å². The molecule has 4 heterocycles. The molecule has 166 valence electrons. The van der Waals surface area contributed by atoms with Crippen LogP contribution in [-0.2, 0) is 27.4 Å². The first-order valence-corrected chi connectivity index (χ1v) is 11.3. The van der Waals surface area contributed by atoms with Gasteiger partial charge < -0.3 is 20.3 Å². The van der Waals surface area contributed by atoms with Crippen LogP contribution in [-0.4, -0.2) is 61.0 Å². The van der Waals surface area contributed by atoms with Crippen molar-refractivity contribution in [3.05, 3.63) is 34.9 Å². The molecule has 2 unspecified atom stereocenters. The standard InChI is InChI=1S/C23H30N4O4/c28-20-4-3-19(21(29)26-20)27-13-16-2-1-15(9-18(16)22(27)30)11-24-12-17-10-23(14-25-17)5-7-31-8-6-23/h1-2,9,17,19,24-25H,3-8,10-14H2,(H,26,28,29). The lowest BCUT2D eigenvalue weighted by Gasteiger charge is -2.32. The number of ether oxygens (including phenoxy) is 1. The monoisotopic (exact) mass is 426 g/mol. The summed E-state index contributed by atoms with van der Waals surface area (Å²) in [6, 6.07) is 5.89. The lowest BCUT2D eigenvalue weighted by Crippen LogP contribution is -2.52. The van der Waals surface area contributed by atoms with E-state index in [9.17, 15) is 14.4 Å². The molecule has 5 rings (SSSR count). The highest BCUT2D eigenvalue weighted by atomic mass is 16.5. The number of fused-ring (bicyclic) bond motifs is 1. The molecule has 0 radical (unpaired) electrons. The van der Waals surface area contributed by atoms with Gasteiger partial charge in [0, 0.05) is 57.4 Å². The first-order chi connectivity index (χ1) is 15.0. The average Bonchev–Trinajstić information content (AvgIpc) is 3.30. The number of amides is 3. The van der Waals surface area contributed by atoms with Crippen LogP contribution in [0.1, 0.15) is 53.6 Å². The van der Waals surface area contributed by atoms with E-state index < -0.39 is 6.04 Å². The number of carbonyl (C=O) groups is 3. The second-order valence-corrected chi connectivity index (χ2v) is 9.42. The Hall–Kier alpha value is -2.29. The molecule has 8 heteroatoms. The summed E-state index contributed by atoms with van der Waals surface area (Å²) in [7, 11) is 0. The first kappa shape index (κ1) is 20.6. The zero-order valence-corrected chi connectivity index (χ0v) is 17.7. The Morgan fingerprint density at radius 3 is 2.84 bits per heavy atom. The molecule has 3 saturated heterocycles. The fourth-order valence-corrected chi connectivity index (χ4v) is 5.46. The van der Waals surface area contributed by atoms with Crippen LogP contribution in [0, 0.1) is 5.41 Å². The van der Waals surface area contributed by atoms with E-state index in [0.29, 0.717) is 36.5 Å². The van der Waals surface area contributed by atoms with E-state index in [0.717, 1.165) is 50.3 Å². The molecule has 0 bridgehead atoms. The molecule has 1 spiro atoms. The Bertz CT molecular complexity index is 896. The normalized spacial score (nSPS) is 27.6. The van der Waals surface area contributed by atoms with Gasteiger partial charge >= 0.3 is 0 Å². The predicted molar refractivity (Wildman–Crippen MR) is 113 cm³/mol. The number of carbonyl (C=O) groups excluding carboxylic acids is 3. The summed E-state index contributed by atoms with van der Waals surface area (Å²) < 4.78 is 5.52. The summed E-state index contributed by atoms with van der Waals surface area (Å²) in [6.07, 6.45) is 4.14. The van der Waals surface area contributed by atoms with Gasteiger partial charge in [0.2, 0.25) is 11.8 Å². The molecule has 0 saturated carbocycles. The van der Waals surface area contributed by atoms with Crippen molar-refractivity contribution in [2.45, 2.75) is 57.3 Å². The van der Waals surface area contributed by atoms with Crippen molar-refractivity contribution in [3.8, 4) is 0 Å². The van der Waals surface area contributed by atoms with E-state index in [1.54, 1.807) is 4.90 Å². The molecular formula is C23H30N4O4. The van der Waals surface area contributed by atoms with E-state index in [4.69, 9.17) is 4.74 Å². The Morgan fingerprint density at radius 2 is 2.03 bits per heavy atom. The maximum atomic E-state index is 13.0. The molecule has 1 aromatic rings. The minimum absolute atomic E-state index is 0.120. The topological polar surface area (TPSA) is 99.8 Å². The van der Waals surface area contributed by atoms with Crippen molar-refractivity contribution in [2.24, 2.45) is 5.41 Å². The van der Waals surface area contributed by atoms with Crippen LogP contribution in [0.15, 0.2) is 18.2 Å². The number of nitrogens with zero attached hydrogens (tertiary/aromatic N) is 1. The molecule has 31 heavy (non-hydrogen) atoms. The van der Waals surface area contributed by atoms with Crippen molar-refractivity contribution in [1.82, 2.24) is 20.9 Å². The van der Waals surface area contributed by atoms with E-state index in [2.05, 4.69) is 22.0 Å². The average molecular weight is 427 g/mol. The third kappa shape index (κ3) is 4.12. The highest BCUT2D eigenvalue weighted by molar-refractivity contribution is 6.05. The minimum atomic E-state index is -0.565. The SMILES string of the molecule is O=C1CCC(N2Cc3ccc(CNCC4CC5(CCOCC5)CN4)cc3C2=O)C(=O)N1. The maximum Gasteiger partial charge on any atom is 0.255 e. The summed E-state index contributed by atoms with van der Waals surface area (Å²) in [5.41, 5.74) is 3.09. The second kappa shape index (κ2) is 8.33. The fraction of sp³-hybridized carbons (Fsp3) is 0.609. The van der Waals surface area contributed by atoms with Crippen LogP contribution < -0.4 is 16.0 Å². The number of imide groups is 1. The van der Waals surface area contributed by atoms with Crippen LogP contribution in [0.2, 0.25) is 0 Å². The fourth-order valence-electron chi connectivity index (χ4n) is 5.46. The summed E-state index contributed by atoms with van der Waals surface area (Å²) >= 11 is 0. The summed E-state index contributed by atoms with van der Waals surface area (Å²) in [5.74, 6) is -0.755. The van der Waals surface area contributed by atoms with Crippen LogP contribution in [0.25, 0.3) is 0 Å². The van der Waals surface area contributed by atoms with Gasteiger partial charge in [-0.05, 0) is 48.3 Å². The smallest absolute Gasteiger partial charge is 0.255 e. The molecule has 3 amide bonds. The predicted octanol–water partition coefficient (Wildman–Crippen LogP) is 0.696. The summed E-state index contributed by atoms with van der Waals surface area (Å²) in [4.78, 5) is 38.1. The molecule has 1 aromatic carbocycles. The molecule has 4 aliphatic rings. The molecule has 2 atom stereocenters. The molecule has 3 N–H and O–H groups in total. The zero-order chi connectivity index (χ0) is 21.4. The largest absolute Gasteiger partial charge is 0.381 e. The number of hydrogen-bond donors (Lipinski definition) is 3. The number of rotatable bonds is 5. The number of piperidine rings is 1. The summed E-state index contributed by atoms with van der Waals surface area (Å²) in [5, 5.41) is 9.55. The van der Waals surface area contributed by atoms with E-state index in [1.807, 2.05) is 12.1 Å². The van der Waals surface area contributed by atoms with E-state index in [1.165, 1.54) is 6.42 Å². The Kier molecular flexibility index (Phi) is 5.54. The first-order valence-electron chi connectivity index (χ1n) is 11.3. The number of hydrogen-bond acceptors (Lipinski definition) is 6. The third-order valence-electron chi connectivity index (χ3n) is 7.31. The molecule has 8 nitrogen and oxygen atoms in total. The Balaban J connectivity index is 1.16. The zero-order valence-electron chi connectivity index (χ0n) is 17.7. The van der Waals surface area contributed by atoms with Crippen molar-refractivity contribution in [2.75, 3.05) is 26.3 Å². The quantitative estimate of drug-likeness (QED) is 0.600. The molecular weight excluding hydrogens is 396 g/mol. The van der Waals surface area contributed by atoms with Gasteiger partial charge in [-0.25, -0.2) is 0 Å². The van der Waals surface area contributed by atoms with Gasteiger partial charge in [-0.2, -0.15) is 0 Å². The molecule has 0 aromatic heterocycles. The summed E-state index contributed by atoms with van der Waals surface area (Å²) in [6.45, 7) is 4.85. The maximum absolute atomic E-state index is 13.0. The highest BCUT2D eigenvalue weighted by Crippen LogP contribution is 2.38. The molecule has 0 aliphatic carbocycles. The van der Waals surface area contributed by atoms with Crippen LogP contribution in [0.3, 0.4) is 0 Å². The number of nitrogens with one attached hydrogen (secondary N) is 3. The van der Waals surface area contributed by atoms with Gasteiger partial charge in [-0.1, -0.05) is 12.1 Å². The minimum Gasteiger partial charge on any atom is -0.381 e. The Morgan fingerprint density at radius 1 is 1.19 bits per heavy atom. The van der Waals surface area contributed by atoms with Crippen molar-refractivity contribution >= 4 is 17.7 Å². The van der Waals surface area contributed by atoms with E-state index in [-0.39, 0.29) is 24.1 Å². The van der Waals surface area contributed by atoms with Crippen molar-refractivity contribution in [3.63, 3.8) is 0 Å². The van der Waals surface area contributed by atoms with Gasteiger partial charge in [0.15, 0.2) is 0 Å². The molecule has 3 fully saturated rings. The van der Waals surface area contributed by atoms with Gasteiger partial charge in [-0.3, -0.25) is 19.7 Å². The highest BCUT2D eigenvalue weighted by Gasteiger charge is 2.40. The lowest BCUT2D eigenvalue weighted by molar-refractivity contribution is -0.136. The van der Waals surface area contributed by atoms with Gasteiger partial charge in [0.25, 0.3) is 5.91 Å².